The Hall–Kier alpha value is -2.80. The summed E-state index contributed by atoms with van der Waals surface area (Å²) in [6.07, 6.45) is 0.457. The fraction of sp³-hybridized carbons (Fsp3) is 0.286. The highest BCUT2D eigenvalue weighted by atomic mass is 32.1. The van der Waals surface area contributed by atoms with Crippen molar-refractivity contribution in [3.05, 3.63) is 71.8 Å². The number of hydrogen-bond acceptors (Lipinski definition) is 4. The molecule has 1 aliphatic heterocycles. The summed E-state index contributed by atoms with van der Waals surface area (Å²) < 4.78 is 0. The number of urea groups is 1. The Labute approximate surface area is 169 Å². The van der Waals surface area contributed by atoms with Gasteiger partial charge in [0.2, 0.25) is 0 Å². The molecule has 28 heavy (non-hydrogen) atoms. The van der Waals surface area contributed by atoms with Gasteiger partial charge in [-0.25, -0.2) is 9.59 Å². The number of carbonyl (C=O) groups is 3. The SMILES string of the molecule is CC(C(=O)O)N1C(=O)N(C(CS)Cc2ccccc2)C(=O)C1c1ccccc1. The molecule has 0 aliphatic carbocycles. The first-order chi connectivity index (χ1) is 13.5. The standard InChI is InChI=1S/C21H22N2O4S/c1-14(20(25)26)22-18(16-10-6-3-7-11-16)19(24)23(21(22)27)17(13-28)12-15-8-4-2-5-9-15/h2-11,14,17-18,28H,12-13H2,1H3,(H,25,26). The molecule has 7 heteroatoms. The Bertz CT molecular complexity index is 859. The molecule has 1 aliphatic rings. The van der Waals surface area contributed by atoms with Crippen molar-refractivity contribution in [2.24, 2.45) is 0 Å². The van der Waals surface area contributed by atoms with Gasteiger partial charge in [-0.3, -0.25) is 14.6 Å². The molecule has 146 valence electrons. The molecule has 0 bridgehead atoms. The molecule has 3 atom stereocenters. The van der Waals surface area contributed by atoms with E-state index in [4.69, 9.17) is 0 Å². The summed E-state index contributed by atoms with van der Waals surface area (Å²) in [7, 11) is 0. The van der Waals surface area contributed by atoms with Crippen LogP contribution in [0.1, 0.15) is 24.1 Å². The van der Waals surface area contributed by atoms with Crippen molar-refractivity contribution in [1.82, 2.24) is 9.80 Å². The molecule has 0 aromatic heterocycles. The van der Waals surface area contributed by atoms with E-state index in [1.54, 1.807) is 30.3 Å². The second-order valence-electron chi connectivity index (χ2n) is 6.75. The molecule has 1 fully saturated rings. The predicted octanol–water partition coefficient (Wildman–Crippen LogP) is 3.01. The molecule has 3 amide bonds. The van der Waals surface area contributed by atoms with Crippen molar-refractivity contribution in [3.8, 4) is 0 Å². The fourth-order valence-corrected chi connectivity index (χ4v) is 3.78. The topological polar surface area (TPSA) is 77.9 Å². The zero-order valence-corrected chi connectivity index (χ0v) is 16.3. The van der Waals surface area contributed by atoms with Gasteiger partial charge >= 0.3 is 12.0 Å². The first kappa shape index (κ1) is 19.9. The second-order valence-corrected chi connectivity index (χ2v) is 7.12. The molecule has 1 saturated heterocycles. The number of carboxylic acids is 1. The molecular formula is C21H22N2O4S. The van der Waals surface area contributed by atoms with Crippen LogP contribution in [0.2, 0.25) is 0 Å². The third kappa shape index (κ3) is 3.75. The van der Waals surface area contributed by atoms with E-state index in [0.29, 0.717) is 12.0 Å². The van der Waals surface area contributed by atoms with E-state index < -0.39 is 36.0 Å². The summed E-state index contributed by atoms with van der Waals surface area (Å²) in [4.78, 5) is 40.4. The van der Waals surface area contributed by atoms with Crippen LogP contribution in [0.25, 0.3) is 0 Å². The van der Waals surface area contributed by atoms with Gasteiger partial charge in [-0.2, -0.15) is 12.6 Å². The molecule has 1 heterocycles. The molecule has 2 aromatic carbocycles. The number of hydrogen-bond donors (Lipinski definition) is 2. The molecule has 2 aromatic rings. The van der Waals surface area contributed by atoms with Crippen LogP contribution in [-0.4, -0.2) is 50.7 Å². The van der Waals surface area contributed by atoms with Crippen molar-refractivity contribution in [2.75, 3.05) is 5.75 Å². The highest BCUT2D eigenvalue weighted by molar-refractivity contribution is 7.80. The highest BCUT2D eigenvalue weighted by Gasteiger charge is 2.51. The van der Waals surface area contributed by atoms with E-state index in [1.165, 1.54) is 11.8 Å². The smallest absolute Gasteiger partial charge is 0.328 e. The zero-order valence-electron chi connectivity index (χ0n) is 15.4. The Morgan fingerprint density at radius 2 is 1.64 bits per heavy atom. The third-order valence-corrected chi connectivity index (χ3v) is 5.38. The summed E-state index contributed by atoms with van der Waals surface area (Å²) in [6, 6.07) is 15.2. The maximum atomic E-state index is 13.3. The van der Waals surface area contributed by atoms with Crippen LogP contribution in [0.5, 0.6) is 0 Å². The number of carboxylic acid groups (broad SMARTS) is 1. The van der Waals surface area contributed by atoms with Crippen LogP contribution in [0.4, 0.5) is 4.79 Å². The summed E-state index contributed by atoms with van der Waals surface area (Å²) in [5.41, 5.74) is 1.57. The van der Waals surface area contributed by atoms with E-state index in [1.807, 2.05) is 30.3 Å². The van der Waals surface area contributed by atoms with Crippen LogP contribution in [0.15, 0.2) is 60.7 Å². The fourth-order valence-electron chi connectivity index (χ4n) is 3.49. The lowest BCUT2D eigenvalue weighted by Crippen LogP contribution is -2.46. The van der Waals surface area contributed by atoms with Crippen LogP contribution < -0.4 is 0 Å². The van der Waals surface area contributed by atoms with Gasteiger partial charge in [-0.05, 0) is 24.5 Å². The van der Waals surface area contributed by atoms with E-state index in [0.717, 1.165) is 10.5 Å². The van der Waals surface area contributed by atoms with Gasteiger partial charge in [0.05, 0.1) is 6.04 Å². The number of imide groups is 1. The molecule has 0 spiro atoms. The van der Waals surface area contributed by atoms with Gasteiger partial charge in [-0.1, -0.05) is 60.7 Å². The first-order valence-electron chi connectivity index (χ1n) is 9.03. The zero-order chi connectivity index (χ0) is 20.3. The van der Waals surface area contributed by atoms with E-state index in [-0.39, 0.29) is 5.75 Å². The summed E-state index contributed by atoms with van der Waals surface area (Å²) in [6.45, 7) is 1.42. The van der Waals surface area contributed by atoms with Gasteiger partial charge in [0, 0.05) is 5.75 Å². The summed E-state index contributed by atoms with van der Waals surface area (Å²) in [5.74, 6) is -1.29. The maximum absolute atomic E-state index is 13.3. The van der Waals surface area contributed by atoms with Crippen molar-refractivity contribution in [3.63, 3.8) is 0 Å². The largest absolute Gasteiger partial charge is 0.480 e. The minimum absolute atomic E-state index is 0.281. The molecule has 0 saturated carbocycles. The normalized spacial score (nSPS) is 19.0. The maximum Gasteiger partial charge on any atom is 0.328 e. The van der Waals surface area contributed by atoms with Crippen LogP contribution in [0, 0.1) is 0 Å². The number of carbonyl (C=O) groups excluding carboxylic acids is 2. The first-order valence-corrected chi connectivity index (χ1v) is 9.66. The number of aliphatic carboxylic acids is 1. The Morgan fingerprint density at radius 1 is 1.07 bits per heavy atom. The van der Waals surface area contributed by atoms with Gasteiger partial charge in [0.15, 0.2) is 0 Å². The number of rotatable bonds is 7. The van der Waals surface area contributed by atoms with E-state index in [9.17, 15) is 19.5 Å². The third-order valence-electron chi connectivity index (χ3n) is 4.96. The average molecular weight is 398 g/mol. The summed E-state index contributed by atoms with van der Waals surface area (Å²) >= 11 is 4.36. The molecule has 6 nitrogen and oxygen atoms in total. The van der Waals surface area contributed by atoms with Crippen LogP contribution >= 0.6 is 12.6 Å². The molecular weight excluding hydrogens is 376 g/mol. The number of benzene rings is 2. The van der Waals surface area contributed by atoms with Crippen molar-refractivity contribution in [1.29, 1.82) is 0 Å². The molecule has 3 rings (SSSR count). The van der Waals surface area contributed by atoms with Gasteiger partial charge in [0.25, 0.3) is 5.91 Å². The quantitative estimate of drug-likeness (QED) is 0.555. The lowest BCUT2D eigenvalue weighted by Gasteiger charge is -2.27. The number of amides is 3. The lowest BCUT2D eigenvalue weighted by atomic mass is 10.0. The summed E-state index contributed by atoms with van der Waals surface area (Å²) in [5, 5.41) is 9.49. The lowest BCUT2D eigenvalue weighted by molar-refractivity contribution is -0.142. The van der Waals surface area contributed by atoms with Crippen molar-refractivity contribution >= 4 is 30.5 Å². The van der Waals surface area contributed by atoms with Crippen molar-refractivity contribution < 1.29 is 19.5 Å². The Kier molecular flexibility index (Phi) is 6.04. The number of thiol groups is 1. The van der Waals surface area contributed by atoms with Crippen LogP contribution in [0.3, 0.4) is 0 Å². The second kappa shape index (κ2) is 8.48. The average Bonchev–Trinajstić information content (AvgIpc) is 2.97. The van der Waals surface area contributed by atoms with E-state index >= 15 is 0 Å². The van der Waals surface area contributed by atoms with Gasteiger partial charge in [-0.15, -0.1) is 0 Å². The molecule has 3 unspecified atom stereocenters. The van der Waals surface area contributed by atoms with Gasteiger partial charge < -0.3 is 5.11 Å². The Balaban J connectivity index is 1.98. The van der Waals surface area contributed by atoms with Gasteiger partial charge in [0.1, 0.15) is 12.1 Å². The minimum atomic E-state index is -1.16. The van der Waals surface area contributed by atoms with Crippen molar-refractivity contribution in [2.45, 2.75) is 31.5 Å². The Morgan fingerprint density at radius 3 is 2.18 bits per heavy atom. The minimum Gasteiger partial charge on any atom is -0.480 e. The number of nitrogens with zero attached hydrogens (tertiary/aromatic N) is 2. The monoisotopic (exact) mass is 398 g/mol. The highest BCUT2D eigenvalue weighted by Crippen LogP contribution is 2.35. The molecule has 1 N–H and O–H groups in total. The molecule has 0 radical (unpaired) electrons. The van der Waals surface area contributed by atoms with Crippen LogP contribution in [-0.2, 0) is 16.0 Å². The predicted molar refractivity (Wildman–Crippen MR) is 108 cm³/mol. The van der Waals surface area contributed by atoms with E-state index in [2.05, 4.69) is 12.6 Å².